The van der Waals surface area contributed by atoms with Gasteiger partial charge in [0.1, 0.15) is 18.1 Å². The highest BCUT2D eigenvalue weighted by Gasteiger charge is 2.06. The monoisotopic (exact) mass is 290 g/mol. The molecule has 0 radical (unpaired) electrons. The molecule has 4 nitrogen and oxygen atoms in total. The second-order valence-electron chi connectivity index (χ2n) is 4.51. The van der Waals surface area contributed by atoms with Crippen LogP contribution in [-0.4, -0.2) is 24.3 Å². The van der Waals surface area contributed by atoms with Crippen LogP contribution < -0.4 is 9.47 Å². The Morgan fingerprint density at radius 3 is 2.86 bits per heavy atom. The van der Waals surface area contributed by atoms with Gasteiger partial charge in [-0.25, -0.2) is 0 Å². The van der Waals surface area contributed by atoms with Gasteiger partial charge < -0.3 is 14.6 Å². The number of benzene rings is 1. The van der Waals surface area contributed by atoms with Gasteiger partial charge in [-0.3, -0.25) is 4.79 Å². The number of unbranched alkanes of at least 4 members (excludes halogenated alkanes) is 2. The predicted octanol–water partition coefficient (Wildman–Crippen LogP) is 3.35. The molecule has 0 fully saturated rings. The molecule has 0 unspecified atom stereocenters. The van der Waals surface area contributed by atoms with E-state index < -0.39 is 0 Å². The minimum absolute atomic E-state index is 0.206. The van der Waals surface area contributed by atoms with Gasteiger partial charge in [-0.05, 0) is 37.5 Å². The summed E-state index contributed by atoms with van der Waals surface area (Å²) in [7, 11) is 0. The highest BCUT2D eigenvalue weighted by Crippen LogP contribution is 2.26. The quantitative estimate of drug-likeness (QED) is 0.328. The van der Waals surface area contributed by atoms with Crippen LogP contribution in [0.3, 0.4) is 0 Å². The molecule has 0 aliphatic carbocycles. The largest absolute Gasteiger partial charge is 0.490 e. The van der Waals surface area contributed by atoms with Crippen molar-refractivity contribution in [2.75, 3.05) is 13.2 Å². The van der Waals surface area contributed by atoms with Gasteiger partial charge in [0.05, 0.1) is 0 Å². The maximum Gasteiger partial charge on any atom is 0.308 e. The first-order valence-electron chi connectivity index (χ1n) is 7.01. The molecule has 0 atom stereocenters. The first-order valence-corrected chi connectivity index (χ1v) is 7.01. The van der Waals surface area contributed by atoms with E-state index in [1.54, 1.807) is 18.2 Å². The first kappa shape index (κ1) is 17.0. The van der Waals surface area contributed by atoms with Crippen molar-refractivity contribution in [2.45, 2.75) is 26.2 Å². The summed E-state index contributed by atoms with van der Waals surface area (Å²) in [6.07, 6.45) is 8.13. The molecule has 0 saturated heterocycles. The molecule has 0 spiro atoms. The Labute approximate surface area is 125 Å². The third-order valence-corrected chi connectivity index (χ3v) is 2.68. The number of allylic oxidation sites excluding steroid dienone is 1. The molecule has 1 rings (SSSR count). The standard InChI is InChI=1S/C17H22O4/c1-3-12-20-16-9-10-17(21-14(2)19)15(13-16)8-6-4-5-7-11-18/h3,6,8-10,13,18H,1,4-5,7,11-12H2,2H3/b8-6-. The highest BCUT2D eigenvalue weighted by atomic mass is 16.5. The van der Waals surface area contributed by atoms with Crippen molar-refractivity contribution in [1.82, 2.24) is 0 Å². The van der Waals surface area contributed by atoms with Gasteiger partial charge in [-0.2, -0.15) is 0 Å². The van der Waals surface area contributed by atoms with E-state index >= 15 is 0 Å². The zero-order valence-electron chi connectivity index (χ0n) is 12.4. The Balaban J connectivity index is 2.82. The maximum absolute atomic E-state index is 11.1. The molecular weight excluding hydrogens is 268 g/mol. The van der Waals surface area contributed by atoms with Crippen LogP contribution in [0.4, 0.5) is 0 Å². The number of aliphatic hydroxyl groups is 1. The van der Waals surface area contributed by atoms with Gasteiger partial charge in [0.15, 0.2) is 0 Å². The molecule has 114 valence electrons. The fourth-order valence-corrected chi connectivity index (χ4v) is 1.73. The number of carbonyl (C=O) groups is 1. The summed E-state index contributed by atoms with van der Waals surface area (Å²) >= 11 is 0. The minimum atomic E-state index is -0.357. The van der Waals surface area contributed by atoms with Crippen LogP contribution in [-0.2, 0) is 4.79 Å². The molecule has 4 heteroatoms. The molecule has 1 aromatic carbocycles. The summed E-state index contributed by atoms with van der Waals surface area (Å²) in [6.45, 7) is 5.61. The lowest BCUT2D eigenvalue weighted by Gasteiger charge is -2.09. The number of carbonyl (C=O) groups excluding carboxylic acids is 1. The molecule has 21 heavy (non-hydrogen) atoms. The summed E-state index contributed by atoms with van der Waals surface area (Å²) < 4.78 is 10.7. The Bertz CT molecular complexity index is 492. The molecule has 0 aliphatic rings. The van der Waals surface area contributed by atoms with E-state index in [0.717, 1.165) is 24.8 Å². The average Bonchev–Trinajstić information content (AvgIpc) is 2.46. The highest BCUT2D eigenvalue weighted by molar-refractivity contribution is 5.72. The summed E-state index contributed by atoms with van der Waals surface area (Å²) in [5.74, 6) is 0.845. The van der Waals surface area contributed by atoms with Crippen LogP contribution in [0.5, 0.6) is 11.5 Å². The van der Waals surface area contributed by atoms with Crippen LogP contribution >= 0.6 is 0 Å². The van der Waals surface area contributed by atoms with Gasteiger partial charge >= 0.3 is 5.97 Å². The molecule has 1 N–H and O–H groups in total. The van der Waals surface area contributed by atoms with Crippen LogP contribution in [0.1, 0.15) is 31.7 Å². The maximum atomic E-state index is 11.1. The van der Waals surface area contributed by atoms with E-state index in [1.165, 1.54) is 6.92 Å². The Hall–Kier alpha value is -2.07. The van der Waals surface area contributed by atoms with Gasteiger partial charge in [0.2, 0.25) is 0 Å². The molecule has 0 heterocycles. The third-order valence-electron chi connectivity index (χ3n) is 2.68. The van der Waals surface area contributed by atoms with E-state index in [1.807, 2.05) is 18.2 Å². The van der Waals surface area contributed by atoms with Crippen molar-refractivity contribution < 1.29 is 19.4 Å². The van der Waals surface area contributed by atoms with E-state index in [2.05, 4.69) is 6.58 Å². The van der Waals surface area contributed by atoms with Crippen molar-refractivity contribution in [1.29, 1.82) is 0 Å². The number of rotatable bonds is 9. The lowest BCUT2D eigenvalue weighted by Crippen LogP contribution is -2.03. The topological polar surface area (TPSA) is 55.8 Å². The zero-order chi connectivity index (χ0) is 15.5. The number of hydrogen-bond acceptors (Lipinski definition) is 4. The molecular formula is C17H22O4. The second kappa shape index (κ2) is 9.77. The van der Waals surface area contributed by atoms with Gasteiger partial charge in [-0.15, -0.1) is 0 Å². The fraction of sp³-hybridized carbons (Fsp3) is 0.353. The fourth-order valence-electron chi connectivity index (χ4n) is 1.73. The summed E-state index contributed by atoms with van der Waals surface area (Å²) in [6, 6.07) is 5.29. The number of ether oxygens (including phenoxy) is 2. The van der Waals surface area contributed by atoms with E-state index in [9.17, 15) is 4.79 Å². The average molecular weight is 290 g/mol. The van der Waals surface area contributed by atoms with Crippen LogP contribution in [0.15, 0.2) is 36.9 Å². The van der Waals surface area contributed by atoms with Crippen molar-refractivity contribution in [3.8, 4) is 11.5 Å². The number of aliphatic hydroxyl groups excluding tert-OH is 1. The van der Waals surface area contributed by atoms with Crippen LogP contribution in [0, 0.1) is 0 Å². The normalized spacial score (nSPS) is 10.6. The van der Waals surface area contributed by atoms with E-state index in [-0.39, 0.29) is 12.6 Å². The Morgan fingerprint density at radius 1 is 1.38 bits per heavy atom. The predicted molar refractivity (Wildman–Crippen MR) is 83.4 cm³/mol. The molecule has 0 aromatic heterocycles. The SMILES string of the molecule is C=CCOc1ccc(OC(C)=O)c(/C=C\CCCCO)c1. The van der Waals surface area contributed by atoms with Crippen molar-refractivity contribution in [2.24, 2.45) is 0 Å². The van der Waals surface area contributed by atoms with Gasteiger partial charge in [-0.1, -0.05) is 24.8 Å². The first-order chi connectivity index (χ1) is 10.2. The van der Waals surface area contributed by atoms with Gasteiger partial charge in [0, 0.05) is 19.1 Å². The minimum Gasteiger partial charge on any atom is -0.490 e. The number of esters is 1. The van der Waals surface area contributed by atoms with Crippen molar-refractivity contribution in [3.63, 3.8) is 0 Å². The van der Waals surface area contributed by atoms with E-state index in [4.69, 9.17) is 14.6 Å². The Kier molecular flexibility index (Phi) is 7.90. The summed E-state index contributed by atoms with van der Waals surface area (Å²) in [5.41, 5.74) is 0.788. The molecule has 1 aromatic rings. The molecule has 0 amide bonds. The molecule has 0 bridgehead atoms. The summed E-state index contributed by atoms with van der Waals surface area (Å²) in [4.78, 5) is 11.1. The Morgan fingerprint density at radius 2 is 2.19 bits per heavy atom. The van der Waals surface area contributed by atoms with E-state index in [0.29, 0.717) is 18.1 Å². The van der Waals surface area contributed by atoms with Crippen LogP contribution in [0.2, 0.25) is 0 Å². The molecule has 0 saturated carbocycles. The lowest BCUT2D eigenvalue weighted by atomic mass is 10.1. The smallest absolute Gasteiger partial charge is 0.308 e. The van der Waals surface area contributed by atoms with Crippen molar-refractivity contribution >= 4 is 12.0 Å². The van der Waals surface area contributed by atoms with Crippen molar-refractivity contribution in [3.05, 3.63) is 42.5 Å². The summed E-state index contributed by atoms with van der Waals surface area (Å²) in [5, 5.41) is 8.74. The molecule has 0 aliphatic heterocycles. The third kappa shape index (κ3) is 6.77. The van der Waals surface area contributed by atoms with Gasteiger partial charge in [0.25, 0.3) is 0 Å². The van der Waals surface area contributed by atoms with Crippen LogP contribution in [0.25, 0.3) is 6.08 Å². The second-order valence-corrected chi connectivity index (χ2v) is 4.51. The lowest BCUT2D eigenvalue weighted by molar-refractivity contribution is -0.131. The zero-order valence-corrected chi connectivity index (χ0v) is 12.4. The number of hydrogen-bond donors (Lipinski definition) is 1.